The molecule has 0 spiro atoms. The predicted octanol–water partition coefficient (Wildman–Crippen LogP) is 2.30. The van der Waals surface area contributed by atoms with E-state index in [1.807, 2.05) is 19.9 Å². The second-order valence-electron chi connectivity index (χ2n) is 4.92. The summed E-state index contributed by atoms with van der Waals surface area (Å²) < 4.78 is 15.0. The first kappa shape index (κ1) is 15.8. The molecule has 0 aliphatic heterocycles. The van der Waals surface area contributed by atoms with Crippen LogP contribution in [0, 0.1) is 5.82 Å². The minimum Gasteiger partial charge on any atom is -0.327 e. The van der Waals surface area contributed by atoms with Crippen LogP contribution in [0.3, 0.4) is 0 Å². The van der Waals surface area contributed by atoms with Crippen LogP contribution < -0.4 is 11.4 Å². The van der Waals surface area contributed by atoms with Gasteiger partial charge >= 0.3 is 5.69 Å². The van der Waals surface area contributed by atoms with Crippen molar-refractivity contribution in [3.05, 3.63) is 46.1 Å². The summed E-state index contributed by atoms with van der Waals surface area (Å²) in [5.41, 5.74) is 6.58. The van der Waals surface area contributed by atoms with Gasteiger partial charge in [-0.1, -0.05) is 30.8 Å². The molecular weight excluding hydrogens is 291 g/mol. The zero-order valence-electron chi connectivity index (χ0n) is 12.0. The lowest BCUT2D eigenvalue weighted by Crippen LogP contribution is -2.24. The molecule has 1 aromatic carbocycles. The van der Waals surface area contributed by atoms with Gasteiger partial charge in [0, 0.05) is 12.6 Å². The first-order chi connectivity index (χ1) is 10.0. The number of H-pyrrole nitrogens is 1. The van der Waals surface area contributed by atoms with Gasteiger partial charge in [0.2, 0.25) is 0 Å². The largest absolute Gasteiger partial charge is 0.343 e. The average Bonchev–Trinajstić information content (AvgIpc) is 2.77. The zero-order chi connectivity index (χ0) is 15.4. The van der Waals surface area contributed by atoms with Crippen molar-refractivity contribution in [3.8, 4) is 0 Å². The van der Waals surface area contributed by atoms with Crippen molar-refractivity contribution in [1.82, 2.24) is 14.8 Å². The quantitative estimate of drug-likeness (QED) is 0.803. The molecule has 2 rings (SSSR count). The van der Waals surface area contributed by atoms with Gasteiger partial charge < -0.3 is 5.73 Å². The second-order valence-corrected chi connectivity index (χ2v) is 6.02. The topological polar surface area (TPSA) is 76.7 Å². The predicted molar refractivity (Wildman–Crippen MR) is 81.8 cm³/mol. The van der Waals surface area contributed by atoms with E-state index in [0.29, 0.717) is 11.7 Å². The number of aromatic amines is 1. The van der Waals surface area contributed by atoms with E-state index >= 15 is 0 Å². The fourth-order valence-corrected chi connectivity index (χ4v) is 3.21. The number of benzene rings is 1. The molecule has 7 heteroatoms. The van der Waals surface area contributed by atoms with Crippen molar-refractivity contribution in [1.29, 1.82) is 0 Å². The summed E-state index contributed by atoms with van der Waals surface area (Å²) in [7, 11) is 0. The number of halogens is 1. The Hall–Kier alpha value is -1.60. The van der Waals surface area contributed by atoms with Gasteiger partial charge in [0.25, 0.3) is 0 Å². The smallest absolute Gasteiger partial charge is 0.327 e. The molecule has 5 nitrogen and oxygen atoms in total. The summed E-state index contributed by atoms with van der Waals surface area (Å²) in [6, 6.07) is 6.14. The number of hydrogen-bond donors (Lipinski definition) is 2. The Bertz CT molecular complexity index is 652. The molecule has 1 aromatic heterocycles. The fraction of sp³-hybridized carbons (Fsp3) is 0.429. The molecule has 0 saturated carbocycles. The standard InChI is InChI=1S/C14H19FN4OS/c1-3-7-19-13(20)17-18-14(19)21-12(9(2)16)10-5-4-6-11(15)8-10/h4-6,8-9,12H,3,7,16H2,1-2H3,(H,17,20). The van der Waals surface area contributed by atoms with Crippen molar-refractivity contribution in [3.63, 3.8) is 0 Å². The fourth-order valence-electron chi connectivity index (χ4n) is 2.09. The highest BCUT2D eigenvalue weighted by Crippen LogP contribution is 2.35. The van der Waals surface area contributed by atoms with E-state index in [1.165, 1.54) is 23.9 Å². The molecule has 0 fully saturated rings. The Morgan fingerprint density at radius 2 is 2.29 bits per heavy atom. The Labute approximate surface area is 126 Å². The number of rotatable bonds is 6. The zero-order valence-corrected chi connectivity index (χ0v) is 12.9. The van der Waals surface area contributed by atoms with Crippen molar-refractivity contribution < 1.29 is 4.39 Å². The number of nitrogens with zero attached hydrogens (tertiary/aromatic N) is 2. The first-order valence-corrected chi connectivity index (χ1v) is 7.73. The highest BCUT2D eigenvalue weighted by molar-refractivity contribution is 7.99. The number of thioether (sulfide) groups is 1. The molecule has 21 heavy (non-hydrogen) atoms. The van der Waals surface area contributed by atoms with E-state index in [4.69, 9.17) is 5.73 Å². The number of nitrogens with two attached hydrogens (primary N) is 1. The van der Waals surface area contributed by atoms with Crippen LogP contribution in [0.2, 0.25) is 0 Å². The molecule has 2 aromatic rings. The van der Waals surface area contributed by atoms with Crippen LogP contribution in [0.25, 0.3) is 0 Å². The summed E-state index contributed by atoms with van der Waals surface area (Å²) in [5, 5.41) is 6.90. The molecule has 0 aliphatic rings. The molecule has 0 radical (unpaired) electrons. The molecule has 0 saturated heterocycles. The molecule has 1 heterocycles. The van der Waals surface area contributed by atoms with Crippen molar-refractivity contribution >= 4 is 11.8 Å². The Morgan fingerprint density at radius 3 is 2.90 bits per heavy atom. The van der Waals surface area contributed by atoms with Crippen LogP contribution in [0.15, 0.2) is 34.2 Å². The van der Waals surface area contributed by atoms with Crippen LogP contribution >= 0.6 is 11.8 Å². The van der Waals surface area contributed by atoms with E-state index in [1.54, 1.807) is 10.6 Å². The lowest BCUT2D eigenvalue weighted by Gasteiger charge is -2.20. The highest BCUT2D eigenvalue weighted by atomic mass is 32.2. The van der Waals surface area contributed by atoms with E-state index in [-0.39, 0.29) is 22.8 Å². The number of nitrogens with one attached hydrogen (secondary N) is 1. The van der Waals surface area contributed by atoms with E-state index in [2.05, 4.69) is 10.2 Å². The lowest BCUT2D eigenvalue weighted by atomic mass is 10.1. The Morgan fingerprint density at radius 1 is 1.52 bits per heavy atom. The van der Waals surface area contributed by atoms with Crippen LogP contribution in [0.1, 0.15) is 31.1 Å². The number of hydrogen-bond acceptors (Lipinski definition) is 4. The molecule has 3 N–H and O–H groups in total. The van der Waals surface area contributed by atoms with Crippen molar-refractivity contribution in [2.75, 3.05) is 0 Å². The van der Waals surface area contributed by atoms with E-state index in [0.717, 1.165) is 12.0 Å². The van der Waals surface area contributed by atoms with E-state index < -0.39 is 0 Å². The summed E-state index contributed by atoms with van der Waals surface area (Å²) >= 11 is 1.37. The van der Waals surface area contributed by atoms with Gasteiger partial charge in [-0.05, 0) is 31.0 Å². The summed E-state index contributed by atoms with van der Waals surface area (Å²) in [6.07, 6.45) is 0.829. The summed E-state index contributed by atoms with van der Waals surface area (Å²) in [5.74, 6) is -0.299. The van der Waals surface area contributed by atoms with Gasteiger partial charge in [0.15, 0.2) is 5.16 Å². The van der Waals surface area contributed by atoms with Gasteiger partial charge in [-0.25, -0.2) is 14.3 Å². The molecule has 0 aliphatic carbocycles. The third-order valence-corrected chi connectivity index (χ3v) is 4.54. The molecule has 0 amide bonds. The normalized spacial score (nSPS) is 14.1. The maximum atomic E-state index is 13.4. The molecule has 114 valence electrons. The van der Waals surface area contributed by atoms with Gasteiger partial charge in [-0.15, -0.1) is 5.10 Å². The van der Waals surface area contributed by atoms with Crippen LogP contribution in [0.4, 0.5) is 4.39 Å². The summed E-state index contributed by atoms with van der Waals surface area (Å²) in [6.45, 7) is 4.44. The number of aromatic nitrogens is 3. The van der Waals surface area contributed by atoms with Crippen LogP contribution in [-0.2, 0) is 6.54 Å². The molecule has 0 bridgehead atoms. The summed E-state index contributed by atoms with van der Waals surface area (Å²) in [4.78, 5) is 11.7. The van der Waals surface area contributed by atoms with Crippen LogP contribution in [0.5, 0.6) is 0 Å². The average molecular weight is 310 g/mol. The van der Waals surface area contributed by atoms with E-state index in [9.17, 15) is 9.18 Å². The molecule has 2 unspecified atom stereocenters. The Kier molecular flexibility index (Phi) is 5.19. The maximum absolute atomic E-state index is 13.4. The monoisotopic (exact) mass is 310 g/mol. The van der Waals surface area contributed by atoms with Crippen LogP contribution in [-0.4, -0.2) is 20.8 Å². The van der Waals surface area contributed by atoms with Gasteiger partial charge in [-0.3, -0.25) is 4.57 Å². The first-order valence-electron chi connectivity index (χ1n) is 6.85. The third kappa shape index (κ3) is 3.74. The maximum Gasteiger partial charge on any atom is 0.343 e. The van der Waals surface area contributed by atoms with Gasteiger partial charge in [-0.2, -0.15) is 0 Å². The van der Waals surface area contributed by atoms with Gasteiger partial charge in [0.05, 0.1) is 5.25 Å². The minimum atomic E-state index is -0.299. The minimum absolute atomic E-state index is 0.175. The van der Waals surface area contributed by atoms with Crippen molar-refractivity contribution in [2.45, 2.75) is 43.3 Å². The highest BCUT2D eigenvalue weighted by Gasteiger charge is 2.21. The third-order valence-electron chi connectivity index (χ3n) is 3.06. The second kappa shape index (κ2) is 6.91. The molecular formula is C14H19FN4OS. The van der Waals surface area contributed by atoms with Gasteiger partial charge in [0.1, 0.15) is 5.82 Å². The Balaban J connectivity index is 2.31. The lowest BCUT2D eigenvalue weighted by molar-refractivity contribution is 0.599. The SMILES string of the molecule is CCCn1c(SC(c2cccc(F)c2)C(C)N)n[nH]c1=O. The van der Waals surface area contributed by atoms with Crippen molar-refractivity contribution in [2.24, 2.45) is 5.73 Å². The molecule has 2 atom stereocenters.